The summed E-state index contributed by atoms with van der Waals surface area (Å²) in [5.41, 5.74) is 1.71. The highest BCUT2D eigenvalue weighted by Crippen LogP contribution is 2.24. The molecule has 3 aromatic rings. The maximum Gasteiger partial charge on any atom is 0.337 e. The van der Waals surface area contributed by atoms with Crippen molar-refractivity contribution >= 4 is 52.3 Å². The number of anilines is 4. The summed E-state index contributed by atoms with van der Waals surface area (Å²) in [5, 5.41) is 14.8. The molecule has 132 valence electrons. The number of nitrogens with zero attached hydrogens (tertiary/aromatic N) is 3. The van der Waals surface area contributed by atoms with Gasteiger partial charge >= 0.3 is 5.97 Å². The maximum absolute atomic E-state index is 11.6. The van der Waals surface area contributed by atoms with Crippen LogP contribution in [-0.2, 0) is 4.74 Å². The van der Waals surface area contributed by atoms with E-state index >= 15 is 0 Å². The second-order valence-corrected chi connectivity index (χ2v) is 6.02. The van der Waals surface area contributed by atoms with E-state index in [1.54, 1.807) is 42.5 Å². The highest BCUT2D eigenvalue weighted by atomic mass is 35.5. The van der Waals surface area contributed by atoms with Gasteiger partial charge in [-0.25, -0.2) is 4.79 Å². The Morgan fingerprint density at radius 2 is 1.81 bits per heavy atom. The fourth-order valence-electron chi connectivity index (χ4n) is 2.16. The van der Waals surface area contributed by atoms with Crippen molar-refractivity contribution in [3.8, 4) is 0 Å². The first-order valence-corrected chi connectivity index (χ1v) is 8.17. The van der Waals surface area contributed by atoms with Crippen LogP contribution < -0.4 is 10.6 Å². The van der Waals surface area contributed by atoms with E-state index < -0.39 is 5.97 Å². The minimum atomic E-state index is -0.422. The quantitative estimate of drug-likeness (QED) is 0.622. The molecule has 0 fully saturated rings. The summed E-state index contributed by atoms with van der Waals surface area (Å²) in [6.45, 7) is 0. The molecule has 0 spiro atoms. The molecule has 0 aliphatic carbocycles. The van der Waals surface area contributed by atoms with Gasteiger partial charge in [0.05, 0.1) is 18.9 Å². The SMILES string of the molecule is COC(=O)c1cccc(Nc2cnnc(Nc3cc(Cl)cc(Cl)c3)n2)c1. The number of ether oxygens (including phenoxy) is 1. The number of esters is 1. The van der Waals surface area contributed by atoms with Gasteiger partial charge in [-0.15, -0.1) is 5.10 Å². The molecular formula is C17H13Cl2N5O2. The Hall–Kier alpha value is -2.90. The molecule has 0 unspecified atom stereocenters. The van der Waals surface area contributed by atoms with Crippen molar-refractivity contribution in [2.75, 3.05) is 17.7 Å². The molecule has 0 radical (unpaired) electrons. The Balaban J connectivity index is 1.78. The number of carbonyl (C=O) groups excluding carboxylic acids is 1. The van der Waals surface area contributed by atoms with Crippen LogP contribution in [-0.4, -0.2) is 28.3 Å². The van der Waals surface area contributed by atoms with E-state index in [2.05, 4.69) is 25.8 Å². The van der Waals surface area contributed by atoms with Crippen LogP contribution in [0.25, 0.3) is 0 Å². The van der Waals surface area contributed by atoms with E-state index in [0.717, 1.165) is 0 Å². The number of methoxy groups -OCH3 is 1. The Labute approximate surface area is 159 Å². The van der Waals surface area contributed by atoms with Crippen molar-refractivity contribution in [3.05, 3.63) is 64.3 Å². The zero-order valence-corrected chi connectivity index (χ0v) is 15.0. The number of hydrogen-bond acceptors (Lipinski definition) is 7. The van der Waals surface area contributed by atoms with E-state index in [4.69, 9.17) is 27.9 Å². The highest BCUT2D eigenvalue weighted by molar-refractivity contribution is 6.35. The third kappa shape index (κ3) is 4.59. The monoisotopic (exact) mass is 389 g/mol. The van der Waals surface area contributed by atoms with Crippen LogP contribution in [0.4, 0.5) is 23.1 Å². The molecule has 0 bridgehead atoms. The van der Waals surface area contributed by atoms with Crippen molar-refractivity contribution in [1.29, 1.82) is 0 Å². The van der Waals surface area contributed by atoms with E-state index in [9.17, 15) is 4.79 Å². The molecule has 0 saturated carbocycles. The van der Waals surface area contributed by atoms with Gasteiger partial charge in [0.15, 0.2) is 5.82 Å². The lowest BCUT2D eigenvalue weighted by molar-refractivity contribution is 0.0601. The fourth-order valence-corrected chi connectivity index (χ4v) is 2.69. The van der Waals surface area contributed by atoms with Gasteiger partial charge in [-0.3, -0.25) is 0 Å². The average Bonchev–Trinajstić information content (AvgIpc) is 2.60. The summed E-state index contributed by atoms with van der Waals surface area (Å²) in [7, 11) is 1.33. The van der Waals surface area contributed by atoms with Crippen LogP contribution in [0.15, 0.2) is 48.7 Å². The number of carbonyl (C=O) groups is 1. The Bertz CT molecular complexity index is 932. The van der Waals surface area contributed by atoms with E-state index in [-0.39, 0.29) is 5.95 Å². The number of nitrogens with one attached hydrogen (secondary N) is 2. The summed E-state index contributed by atoms with van der Waals surface area (Å²) in [5.74, 6) is 0.282. The molecule has 26 heavy (non-hydrogen) atoms. The molecule has 2 N–H and O–H groups in total. The lowest BCUT2D eigenvalue weighted by Gasteiger charge is -2.09. The fraction of sp³-hybridized carbons (Fsp3) is 0.0588. The van der Waals surface area contributed by atoms with Crippen LogP contribution in [0.2, 0.25) is 10.0 Å². The molecule has 0 saturated heterocycles. The largest absolute Gasteiger partial charge is 0.465 e. The van der Waals surface area contributed by atoms with Crippen molar-refractivity contribution in [2.24, 2.45) is 0 Å². The topological polar surface area (TPSA) is 89.0 Å². The minimum absolute atomic E-state index is 0.262. The first-order valence-electron chi connectivity index (χ1n) is 7.42. The van der Waals surface area contributed by atoms with Gasteiger partial charge in [-0.05, 0) is 36.4 Å². The zero-order valence-electron chi connectivity index (χ0n) is 13.5. The minimum Gasteiger partial charge on any atom is -0.465 e. The molecule has 3 rings (SSSR count). The Morgan fingerprint density at radius 3 is 2.54 bits per heavy atom. The summed E-state index contributed by atoms with van der Waals surface area (Å²) in [6.07, 6.45) is 1.46. The third-order valence-electron chi connectivity index (χ3n) is 3.23. The van der Waals surface area contributed by atoms with Gasteiger partial charge in [0.1, 0.15) is 0 Å². The van der Waals surface area contributed by atoms with Crippen LogP contribution in [0.3, 0.4) is 0 Å². The highest BCUT2D eigenvalue weighted by Gasteiger charge is 2.07. The maximum atomic E-state index is 11.6. The van der Waals surface area contributed by atoms with Crippen molar-refractivity contribution < 1.29 is 9.53 Å². The van der Waals surface area contributed by atoms with Gasteiger partial charge in [0.2, 0.25) is 5.95 Å². The Kier molecular flexibility index (Phi) is 5.50. The number of hydrogen-bond donors (Lipinski definition) is 2. The number of halogens is 2. The van der Waals surface area contributed by atoms with Gasteiger partial charge in [0, 0.05) is 21.4 Å². The van der Waals surface area contributed by atoms with Crippen LogP contribution in [0.5, 0.6) is 0 Å². The van der Waals surface area contributed by atoms with E-state index in [1.165, 1.54) is 13.3 Å². The Morgan fingerprint density at radius 1 is 1.04 bits per heavy atom. The predicted molar refractivity (Wildman–Crippen MR) is 101 cm³/mol. The van der Waals surface area contributed by atoms with Crippen molar-refractivity contribution in [3.63, 3.8) is 0 Å². The average molecular weight is 390 g/mol. The normalized spacial score (nSPS) is 10.3. The second kappa shape index (κ2) is 7.99. The third-order valence-corrected chi connectivity index (χ3v) is 3.67. The van der Waals surface area contributed by atoms with E-state index in [1.807, 2.05) is 0 Å². The molecule has 0 aliphatic heterocycles. The molecular weight excluding hydrogens is 377 g/mol. The molecule has 0 atom stereocenters. The summed E-state index contributed by atoms with van der Waals surface area (Å²) in [4.78, 5) is 15.9. The number of benzene rings is 2. The molecule has 7 nitrogen and oxygen atoms in total. The van der Waals surface area contributed by atoms with Gasteiger partial charge in [-0.2, -0.15) is 10.1 Å². The second-order valence-electron chi connectivity index (χ2n) is 5.15. The smallest absolute Gasteiger partial charge is 0.337 e. The first kappa shape index (κ1) is 17.9. The van der Waals surface area contributed by atoms with Crippen LogP contribution in [0, 0.1) is 0 Å². The molecule has 0 aliphatic rings. The first-order chi connectivity index (χ1) is 12.5. The van der Waals surface area contributed by atoms with Crippen LogP contribution in [0.1, 0.15) is 10.4 Å². The van der Waals surface area contributed by atoms with Crippen molar-refractivity contribution in [2.45, 2.75) is 0 Å². The van der Waals surface area contributed by atoms with Crippen LogP contribution >= 0.6 is 23.2 Å². The number of aromatic nitrogens is 3. The summed E-state index contributed by atoms with van der Waals surface area (Å²) in [6, 6.07) is 11.8. The molecule has 2 aromatic carbocycles. The zero-order chi connectivity index (χ0) is 18.5. The summed E-state index contributed by atoms with van der Waals surface area (Å²) >= 11 is 12.0. The van der Waals surface area contributed by atoms with Gasteiger partial charge in [0.25, 0.3) is 0 Å². The predicted octanol–water partition coefficient (Wildman–Crippen LogP) is 4.45. The summed E-state index contributed by atoms with van der Waals surface area (Å²) < 4.78 is 4.71. The van der Waals surface area contributed by atoms with Gasteiger partial charge < -0.3 is 15.4 Å². The molecule has 1 aromatic heterocycles. The molecule has 9 heteroatoms. The molecule has 1 heterocycles. The van der Waals surface area contributed by atoms with Gasteiger partial charge in [-0.1, -0.05) is 29.3 Å². The van der Waals surface area contributed by atoms with Crippen molar-refractivity contribution in [1.82, 2.24) is 15.2 Å². The standard InChI is InChI=1S/C17H13Cl2N5O2/c1-26-16(25)10-3-2-4-13(5-10)21-15-9-20-24-17(23-15)22-14-7-11(18)6-12(19)8-14/h2-9H,1H3,(H2,21,22,23,24). The number of rotatable bonds is 5. The lowest BCUT2D eigenvalue weighted by atomic mass is 10.2. The molecule has 0 amide bonds. The lowest BCUT2D eigenvalue weighted by Crippen LogP contribution is -2.04. The van der Waals surface area contributed by atoms with E-state index in [0.29, 0.717) is 32.8 Å².